The summed E-state index contributed by atoms with van der Waals surface area (Å²) in [6, 6.07) is 6.18. The van der Waals surface area contributed by atoms with Crippen LogP contribution in [0, 0.1) is 0 Å². The van der Waals surface area contributed by atoms with Crippen molar-refractivity contribution in [2.75, 3.05) is 6.54 Å². The summed E-state index contributed by atoms with van der Waals surface area (Å²) in [6.07, 6.45) is -0.742. The van der Waals surface area contributed by atoms with Crippen LogP contribution in [0.1, 0.15) is 19.4 Å². The SMILES string of the molecule is CC(=O)NCc1ccc(S(=O)(=O)NC[C@H](C)O)cc1. The number of benzene rings is 1. The van der Waals surface area contributed by atoms with E-state index < -0.39 is 16.1 Å². The predicted molar refractivity (Wildman–Crippen MR) is 70.8 cm³/mol. The fourth-order valence-electron chi connectivity index (χ4n) is 1.33. The van der Waals surface area contributed by atoms with E-state index in [1.807, 2.05) is 0 Å². The maximum absolute atomic E-state index is 11.8. The smallest absolute Gasteiger partial charge is 0.240 e. The maximum atomic E-state index is 11.8. The highest BCUT2D eigenvalue weighted by atomic mass is 32.2. The summed E-state index contributed by atoms with van der Waals surface area (Å²) < 4.78 is 25.9. The predicted octanol–water partition coefficient (Wildman–Crippen LogP) is -0.0182. The lowest BCUT2D eigenvalue weighted by Gasteiger charge is -2.09. The minimum Gasteiger partial charge on any atom is -0.392 e. The van der Waals surface area contributed by atoms with Crippen molar-refractivity contribution < 1.29 is 18.3 Å². The van der Waals surface area contributed by atoms with Crippen molar-refractivity contribution in [2.24, 2.45) is 0 Å². The average molecular weight is 286 g/mol. The van der Waals surface area contributed by atoms with Gasteiger partial charge in [0.15, 0.2) is 0 Å². The molecule has 0 aromatic heterocycles. The van der Waals surface area contributed by atoms with Crippen molar-refractivity contribution in [1.29, 1.82) is 0 Å². The quantitative estimate of drug-likeness (QED) is 0.685. The second kappa shape index (κ2) is 6.65. The zero-order valence-corrected chi connectivity index (χ0v) is 11.7. The third-order valence-corrected chi connectivity index (χ3v) is 3.78. The highest BCUT2D eigenvalue weighted by Gasteiger charge is 2.14. The van der Waals surface area contributed by atoms with Crippen molar-refractivity contribution in [3.05, 3.63) is 29.8 Å². The number of nitrogens with one attached hydrogen (secondary N) is 2. The highest BCUT2D eigenvalue weighted by molar-refractivity contribution is 7.89. The zero-order valence-electron chi connectivity index (χ0n) is 10.9. The number of aliphatic hydroxyl groups excluding tert-OH is 1. The number of sulfonamides is 1. The number of aliphatic hydroxyl groups is 1. The third kappa shape index (κ3) is 5.37. The van der Waals surface area contributed by atoms with E-state index in [0.717, 1.165) is 5.56 Å². The van der Waals surface area contributed by atoms with Gasteiger partial charge in [0.05, 0.1) is 11.0 Å². The van der Waals surface area contributed by atoms with E-state index in [1.165, 1.54) is 26.0 Å². The van der Waals surface area contributed by atoms with E-state index in [2.05, 4.69) is 10.0 Å². The zero-order chi connectivity index (χ0) is 14.5. The Bertz CT molecular complexity index is 523. The van der Waals surface area contributed by atoms with E-state index in [4.69, 9.17) is 5.11 Å². The molecule has 0 aliphatic rings. The van der Waals surface area contributed by atoms with Gasteiger partial charge in [-0.05, 0) is 24.6 Å². The first-order valence-corrected chi connectivity index (χ1v) is 7.30. The molecular weight excluding hydrogens is 268 g/mol. The van der Waals surface area contributed by atoms with E-state index in [9.17, 15) is 13.2 Å². The Morgan fingerprint density at radius 2 is 1.89 bits per heavy atom. The molecule has 0 saturated heterocycles. The van der Waals surface area contributed by atoms with Crippen LogP contribution >= 0.6 is 0 Å². The molecule has 0 aliphatic carbocycles. The summed E-state index contributed by atoms with van der Waals surface area (Å²) >= 11 is 0. The van der Waals surface area contributed by atoms with Crippen LogP contribution in [0.5, 0.6) is 0 Å². The number of rotatable bonds is 6. The van der Waals surface area contributed by atoms with Crippen molar-refractivity contribution in [3.63, 3.8) is 0 Å². The maximum Gasteiger partial charge on any atom is 0.240 e. The first kappa shape index (κ1) is 15.6. The van der Waals surface area contributed by atoms with E-state index in [1.54, 1.807) is 12.1 Å². The van der Waals surface area contributed by atoms with Gasteiger partial charge in [0.1, 0.15) is 0 Å². The summed E-state index contributed by atoms with van der Waals surface area (Å²) in [5, 5.41) is 11.7. The third-order valence-electron chi connectivity index (χ3n) is 2.34. The van der Waals surface area contributed by atoms with Gasteiger partial charge in [-0.25, -0.2) is 13.1 Å². The lowest BCUT2D eigenvalue weighted by Crippen LogP contribution is -2.30. The number of hydrogen-bond donors (Lipinski definition) is 3. The first-order valence-electron chi connectivity index (χ1n) is 5.82. The van der Waals surface area contributed by atoms with Gasteiger partial charge in [-0.15, -0.1) is 0 Å². The van der Waals surface area contributed by atoms with Gasteiger partial charge in [-0.1, -0.05) is 12.1 Å². The van der Waals surface area contributed by atoms with Gasteiger partial charge in [0.25, 0.3) is 0 Å². The number of hydrogen-bond acceptors (Lipinski definition) is 4. The van der Waals surface area contributed by atoms with Gasteiger partial charge >= 0.3 is 0 Å². The molecule has 0 bridgehead atoms. The summed E-state index contributed by atoms with van der Waals surface area (Å²) in [7, 11) is -3.60. The molecule has 0 heterocycles. The summed E-state index contributed by atoms with van der Waals surface area (Å²) in [6.45, 7) is 3.24. The van der Waals surface area contributed by atoms with Crippen molar-refractivity contribution in [2.45, 2.75) is 31.4 Å². The minimum atomic E-state index is -3.60. The van der Waals surface area contributed by atoms with Gasteiger partial charge < -0.3 is 10.4 Å². The minimum absolute atomic E-state index is 0.0318. The van der Waals surface area contributed by atoms with Gasteiger partial charge in [0.2, 0.25) is 15.9 Å². The lowest BCUT2D eigenvalue weighted by atomic mass is 10.2. The van der Waals surface area contributed by atoms with Crippen LogP contribution < -0.4 is 10.0 Å². The molecule has 3 N–H and O–H groups in total. The molecular formula is C12H18N2O4S. The Kier molecular flexibility index (Phi) is 5.46. The molecule has 0 saturated carbocycles. The van der Waals surface area contributed by atoms with E-state index in [0.29, 0.717) is 6.54 Å². The first-order chi connectivity index (χ1) is 8.81. The van der Waals surface area contributed by atoms with Gasteiger partial charge in [0, 0.05) is 20.0 Å². The van der Waals surface area contributed by atoms with E-state index in [-0.39, 0.29) is 17.3 Å². The lowest BCUT2D eigenvalue weighted by molar-refractivity contribution is -0.119. The number of carbonyl (C=O) groups excluding carboxylic acids is 1. The molecule has 19 heavy (non-hydrogen) atoms. The Balaban J connectivity index is 2.72. The largest absolute Gasteiger partial charge is 0.392 e. The topological polar surface area (TPSA) is 95.5 Å². The Labute approximate surface area is 112 Å². The Morgan fingerprint density at radius 3 is 2.37 bits per heavy atom. The van der Waals surface area contributed by atoms with Gasteiger partial charge in [-0.3, -0.25) is 4.79 Å². The molecule has 6 nitrogen and oxygen atoms in total. The molecule has 1 aromatic rings. The van der Waals surface area contributed by atoms with Crippen LogP contribution in [0.15, 0.2) is 29.2 Å². The molecule has 0 unspecified atom stereocenters. The van der Waals surface area contributed by atoms with Crippen LogP contribution in [0.3, 0.4) is 0 Å². The fraction of sp³-hybridized carbons (Fsp3) is 0.417. The molecule has 106 valence electrons. The van der Waals surface area contributed by atoms with Crippen molar-refractivity contribution >= 4 is 15.9 Å². The highest BCUT2D eigenvalue weighted by Crippen LogP contribution is 2.10. The normalized spacial score (nSPS) is 13.0. The molecule has 1 atom stereocenters. The molecule has 1 rings (SSSR count). The second-order valence-corrected chi connectivity index (χ2v) is 6.02. The monoisotopic (exact) mass is 286 g/mol. The van der Waals surface area contributed by atoms with Crippen LogP contribution in [-0.2, 0) is 21.4 Å². The summed E-state index contributed by atoms with van der Waals surface area (Å²) in [5.74, 6) is -0.143. The molecule has 1 amide bonds. The Morgan fingerprint density at radius 1 is 1.32 bits per heavy atom. The summed E-state index contributed by atoms with van der Waals surface area (Å²) in [5.41, 5.74) is 0.810. The standard InChI is InChI=1S/C12H18N2O4S/c1-9(15)7-14-19(17,18)12-5-3-11(4-6-12)8-13-10(2)16/h3-6,9,14-15H,7-8H2,1-2H3,(H,13,16)/t9-/m0/s1. The Hall–Kier alpha value is -1.44. The van der Waals surface area contributed by atoms with Crippen LogP contribution in [0.2, 0.25) is 0 Å². The average Bonchev–Trinajstić information content (AvgIpc) is 2.34. The molecule has 1 aromatic carbocycles. The van der Waals surface area contributed by atoms with Gasteiger partial charge in [-0.2, -0.15) is 0 Å². The molecule has 0 fully saturated rings. The number of carbonyl (C=O) groups is 1. The second-order valence-electron chi connectivity index (χ2n) is 4.25. The van der Waals surface area contributed by atoms with Crippen LogP contribution in [0.25, 0.3) is 0 Å². The van der Waals surface area contributed by atoms with Crippen LogP contribution in [0.4, 0.5) is 0 Å². The van der Waals surface area contributed by atoms with Crippen LogP contribution in [-0.4, -0.2) is 32.1 Å². The fourth-order valence-corrected chi connectivity index (χ4v) is 2.45. The molecule has 0 aliphatic heterocycles. The molecule has 0 radical (unpaired) electrons. The molecule has 7 heteroatoms. The van der Waals surface area contributed by atoms with Crippen molar-refractivity contribution in [1.82, 2.24) is 10.0 Å². The van der Waals surface area contributed by atoms with Crippen molar-refractivity contribution in [3.8, 4) is 0 Å². The number of amides is 1. The summed E-state index contributed by atoms with van der Waals surface area (Å²) in [4.78, 5) is 10.9. The van der Waals surface area contributed by atoms with E-state index >= 15 is 0 Å². The molecule has 0 spiro atoms.